The van der Waals surface area contributed by atoms with E-state index >= 15 is 0 Å². The van der Waals surface area contributed by atoms with Crippen molar-refractivity contribution in [3.8, 4) is 0 Å². The number of para-hydroxylation sites is 1. The van der Waals surface area contributed by atoms with E-state index in [-0.39, 0.29) is 5.91 Å². The molecule has 0 fully saturated rings. The second kappa shape index (κ2) is 8.22. The molecule has 1 atom stereocenters. The van der Waals surface area contributed by atoms with Crippen LogP contribution in [0.1, 0.15) is 24.5 Å². The maximum Gasteiger partial charge on any atom is 0.248 e. The lowest BCUT2D eigenvalue weighted by Gasteiger charge is -2.30. The van der Waals surface area contributed by atoms with E-state index in [0.29, 0.717) is 17.8 Å². The monoisotopic (exact) mass is 438 g/mol. The van der Waals surface area contributed by atoms with Crippen LogP contribution in [-0.4, -0.2) is 26.6 Å². The van der Waals surface area contributed by atoms with Crippen LogP contribution in [0.4, 0.5) is 11.4 Å². The Labute approximate surface area is 163 Å². The zero-order chi connectivity index (χ0) is 19.5. The summed E-state index contributed by atoms with van der Waals surface area (Å²) in [7, 11) is -3.65. The smallest absolute Gasteiger partial charge is 0.248 e. The van der Waals surface area contributed by atoms with Crippen molar-refractivity contribution in [3.05, 3.63) is 58.1 Å². The minimum atomic E-state index is -3.65. The zero-order valence-corrected chi connectivity index (χ0v) is 17.7. The largest absolute Gasteiger partial charge is 0.323 e. The number of nitrogens with zero attached hydrogens (tertiary/aromatic N) is 1. The lowest BCUT2D eigenvalue weighted by atomic mass is 10.1. The Morgan fingerprint density at radius 3 is 2.35 bits per heavy atom. The molecule has 0 aliphatic heterocycles. The number of amides is 1. The number of anilines is 2. The average molecular weight is 439 g/mol. The summed E-state index contributed by atoms with van der Waals surface area (Å²) in [5, 5.41) is 2.82. The van der Waals surface area contributed by atoms with Gasteiger partial charge >= 0.3 is 0 Å². The van der Waals surface area contributed by atoms with E-state index in [9.17, 15) is 13.2 Å². The molecule has 0 saturated heterocycles. The minimum absolute atomic E-state index is 0.344. The third-order valence-electron chi connectivity index (χ3n) is 4.21. The second-order valence-corrected chi connectivity index (χ2v) is 8.93. The van der Waals surface area contributed by atoms with Gasteiger partial charge in [-0.25, -0.2) is 8.42 Å². The Morgan fingerprint density at radius 2 is 1.81 bits per heavy atom. The first kappa shape index (κ1) is 20.5. The van der Waals surface area contributed by atoms with Crippen LogP contribution in [0.2, 0.25) is 0 Å². The van der Waals surface area contributed by atoms with Crippen molar-refractivity contribution in [3.63, 3.8) is 0 Å². The van der Waals surface area contributed by atoms with Crippen LogP contribution in [0.25, 0.3) is 0 Å². The fourth-order valence-electron chi connectivity index (χ4n) is 2.70. The van der Waals surface area contributed by atoms with Gasteiger partial charge in [0.1, 0.15) is 6.04 Å². The van der Waals surface area contributed by atoms with E-state index in [1.807, 2.05) is 32.0 Å². The fraction of sp³-hybridized carbons (Fsp3) is 0.316. The molecular formula is C19H23BrN2O3S. The summed E-state index contributed by atoms with van der Waals surface area (Å²) in [5.41, 5.74) is 3.12. The summed E-state index contributed by atoms with van der Waals surface area (Å²) in [6, 6.07) is 11.8. The van der Waals surface area contributed by atoms with Crippen molar-refractivity contribution in [1.29, 1.82) is 0 Å². The molecule has 0 heterocycles. The Morgan fingerprint density at radius 1 is 1.15 bits per heavy atom. The van der Waals surface area contributed by atoms with Gasteiger partial charge in [0.2, 0.25) is 15.9 Å². The first-order valence-electron chi connectivity index (χ1n) is 8.27. The first-order chi connectivity index (χ1) is 12.1. The number of rotatable bonds is 6. The van der Waals surface area contributed by atoms with Crippen LogP contribution in [0.15, 0.2) is 46.9 Å². The van der Waals surface area contributed by atoms with Crippen molar-refractivity contribution in [2.45, 2.75) is 33.2 Å². The number of hydrogen-bond donors (Lipinski definition) is 1. The molecule has 1 amide bonds. The molecular weight excluding hydrogens is 416 g/mol. The highest BCUT2D eigenvalue weighted by Gasteiger charge is 2.31. The van der Waals surface area contributed by atoms with Crippen LogP contribution in [0.3, 0.4) is 0 Å². The average Bonchev–Trinajstić information content (AvgIpc) is 2.56. The van der Waals surface area contributed by atoms with Crippen LogP contribution in [0.5, 0.6) is 0 Å². The molecule has 0 aromatic heterocycles. The van der Waals surface area contributed by atoms with Gasteiger partial charge < -0.3 is 5.32 Å². The molecule has 0 saturated carbocycles. The van der Waals surface area contributed by atoms with E-state index in [1.165, 1.54) is 4.31 Å². The van der Waals surface area contributed by atoms with Gasteiger partial charge in [0.25, 0.3) is 0 Å². The molecule has 140 valence electrons. The summed E-state index contributed by atoms with van der Waals surface area (Å²) < 4.78 is 26.9. The summed E-state index contributed by atoms with van der Waals surface area (Å²) in [6.45, 7) is 5.67. The topological polar surface area (TPSA) is 66.5 Å². The number of hydrogen-bond acceptors (Lipinski definition) is 3. The van der Waals surface area contributed by atoms with Crippen LogP contribution in [-0.2, 0) is 14.8 Å². The molecule has 0 aliphatic carbocycles. The molecule has 0 radical (unpaired) electrons. The molecule has 1 N–H and O–H groups in total. The van der Waals surface area contributed by atoms with Gasteiger partial charge in [-0.2, -0.15) is 0 Å². The van der Waals surface area contributed by atoms with Crippen molar-refractivity contribution >= 4 is 43.2 Å². The van der Waals surface area contributed by atoms with Crippen LogP contribution in [0, 0.1) is 13.8 Å². The van der Waals surface area contributed by atoms with E-state index in [4.69, 9.17) is 0 Å². The van der Waals surface area contributed by atoms with E-state index in [0.717, 1.165) is 21.9 Å². The van der Waals surface area contributed by atoms with Gasteiger partial charge in [0.15, 0.2) is 0 Å². The zero-order valence-electron chi connectivity index (χ0n) is 15.3. The van der Waals surface area contributed by atoms with Gasteiger partial charge in [-0.05, 0) is 71.6 Å². The molecule has 5 nitrogen and oxygen atoms in total. The van der Waals surface area contributed by atoms with E-state index < -0.39 is 16.1 Å². The number of carbonyl (C=O) groups excluding carboxylic acids is 1. The number of carbonyl (C=O) groups is 1. The van der Waals surface area contributed by atoms with Crippen molar-refractivity contribution in [2.24, 2.45) is 0 Å². The fourth-order valence-corrected chi connectivity index (χ4v) is 4.29. The number of sulfonamides is 1. The van der Waals surface area contributed by atoms with Crippen molar-refractivity contribution < 1.29 is 13.2 Å². The Balaban J connectivity index is 2.43. The predicted molar refractivity (Wildman–Crippen MR) is 110 cm³/mol. The van der Waals surface area contributed by atoms with E-state index in [1.54, 1.807) is 31.2 Å². The van der Waals surface area contributed by atoms with Gasteiger partial charge in [-0.15, -0.1) is 0 Å². The third kappa shape index (κ3) is 4.65. The molecule has 2 aromatic carbocycles. The molecule has 0 aliphatic rings. The predicted octanol–water partition coefficient (Wildman–Crippen LogP) is 4.25. The summed E-state index contributed by atoms with van der Waals surface area (Å²) in [4.78, 5) is 12.9. The van der Waals surface area contributed by atoms with Gasteiger partial charge in [-0.1, -0.05) is 25.1 Å². The molecule has 0 unspecified atom stereocenters. The minimum Gasteiger partial charge on any atom is -0.323 e. The second-order valence-electron chi connectivity index (χ2n) is 6.22. The number of halogens is 1. The Hall–Kier alpha value is -1.86. The third-order valence-corrected chi connectivity index (χ3v) is 6.08. The van der Waals surface area contributed by atoms with Crippen LogP contribution < -0.4 is 9.62 Å². The highest BCUT2D eigenvalue weighted by atomic mass is 79.9. The molecule has 2 aromatic rings. The highest BCUT2D eigenvalue weighted by Crippen LogP contribution is 2.27. The molecule has 2 rings (SSSR count). The summed E-state index contributed by atoms with van der Waals surface area (Å²) in [5.74, 6) is -0.372. The van der Waals surface area contributed by atoms with Gasteiger partial charge in [0, 0.05) is 4.47 Å². The molecule has 0 spiro atoms. The number of benzene rings is 2. The SMILES string of the molecule is CC[C@H](C(=O)Nc1ccccc1Br)N(c1ccc(C)c(C)c1)S(C)(=O)=O. The van der Waals surface area contributed by atoms with Crippen molar-refractivity contribution in [1.82, 2.24) is 0 Å². The van der Waals surface area contributed by atoms with E-state index in [2.05, 4.69) is 21.2 Å². The normalized spacial score (nSPS) is 12.5. The molecule has 26 heavy (non-hydrogen) atoms. The van der Waals surface area contributed by atoms with Gasteiger partial charge in [-0.3, -0.25) is 9.10 Å². The molecule has 7 heteroatoms. The standard InChI is InChI=1S/C19H23BrN2O3S/c1-5-18(19(23)21-17-9-7-6-8-16(17)20)22(26(4,24)25)15-11-10-13(2)14(3)12-15/h6-12,18H,5H2,1-4H3,(H,21,23)/t18-/m1/s1. The number of nitrogens with one attached hydrogen (secondary N) is 1. The first-order valence-corrected chi connectivity index (χ1v) is 10.9. The summed E-state index contributed by atoms with van der Waals surface area (Å²) >= 11 is 3.39. The summed E-state index contributed by atoms with van der Waals surface area (Å²) in [6.07, 6.45) is 1.47. The number of aryl methyl sites for hydroxylation is 2. The van der Waals surface area contributed by atoms with Crippen LogP contribution >= 0.6 is 15.9 Å². The maximum absolute atomic E-state index is 12.9. The quantitative estimate of drug-likeness (QED) is 0.732. The Bertz CT molecular complexity index is 913. The lowest BCUT2D eigenvalue weighted by Crippen LogP contribution is -2.47. The highest BCUT2D eigenvalue weighted by molar-refractivity contribution is 9.10. The maximum atomic E-state index is 12.9. The van der Waals surface area contributed by atoms with Crippen molar-refractivity contribution in [2.75, 3.05) is 15.9 Å². The van der Waals surface area contributed by atoms with Gasteiger partial charge in [0.05, 0.1) is 17.6 Å². The molecule has 0 bridgehead atoms. The Kier molecular flexibility index (Phi) is 6.47. The lowest BCUT2D eigenvalue weighted by molar-refractivity contribution is -0.117.